The second-order valence-corrected chi connectivity index (χ2v) is 7.68. The molecule has 3 heteroatoms. The lowest BCUT2D eigenvalue weighted by molar-refractivity contribution is 0.214. The van der Waals surface area contributed by atoms with Gasteiger partial charge in [0.1, 0.15) is 0 Å². The predicted molar refractivity (Wildman–Crippen MR) is 118 cm³/mol. The zero-order chi connectivity index (χ0) is 20.1. The Labute approximate surface area is 164 Å². The number of nitrogens with zero attached hydrogens (tertiary/aromatic N) is 2. The molecule has 0 unspecified atom stereocenters. The van der Waals surface area contributed by atoms with Crippen molar-refractivity contribution in [3.63, 3.8) is 0 Å². The van der Waals surface area contributed by atoms with E-state index in [1.165, 1.54) is 33.4 Å². The molecule has 0 amide bonds. The summed E-state index contributed by atoms with van der Waals surface area (Å²) in [5, 5.41) is 0. The lowest BCUT2D eigenvalue weighted by atomic mass is 10.1. The zero-order valence-corrected chi connectivity index (χ0v) is 18.0. The van der Waals surface area contributed by atoms with Gasteiger partial charge in [0.05, 0.1) is 24.6 Å². The number of aryl methyl sites for hydroxylation is 6. The highest BCUT2D eigenvalue weighted by molar-refractivity contribution is 5.88. The molecule has 144 valence electrons. The Morgan fingerprint density at radius 1 is 0.630 bits per heavy atom. The minimum Gasteiger partial charge on any atom is -0.370 e. The molecule has 2 aromatic rings. The summed E-state index contributed by atoms with van der Waals surface area (Å²) in [5.41, 5.74) is 11.4. The highest BCUT2D eigenvalue weighted by Gasteiger charge is 2.05. The van der Waals surface area contributed by atoms with Crippen molar-refractivity contribution >= 4 is 22.8 Å². The van der Waals surface area contributed by atoms with Gasteiger partial charge < -0.3 is 4.74 Å². The Balaban J connectivity index is 2.02. The van der Waals surface area contributed by atoms with E-state index in [4.69, 9.17) is 14.7 Å². The molecule has 27 heavy (non-hydrogen) atoms. The molecule has 0 spiro atoms. The molecule has 0 radical (unpaired) electrons. The van der Waals surface area contributed by atoms with Crippen LogP contribution in [0.3, 0.4) is 0 Å². The molecular formula is C24H32N2O. The summed E-state index contributed by atoms with van der Waals surface area (Å²) in [6, 6.07) is 8.68. The van der Waals surface area contributed by atoms with E-state index in [1.807, 2.05) is 13.8 Å². The minimum absolute atomic E-state index is 0.505. The summed E-state index contributed by atoms with van der Waals surface area (Å²) in [6.45, 7) is 17.7. The SMILES string of the molecule is CC(COCC(C)=Nc1c(C)cc(C)cc1C)=Nc1c(C)cc(C)cc1C. The van der Waals surface area contributed by atoms with Crippen LogP contribution >= 0.6 is 0 Å². The van der Waals surface area contributed by atoms with Gasteiger partial charge >= 0.3 is 0 Å². The van der Waals surface area contributed by atoms with Gasteiger partial charge in [0.15, 0.2) is 0 Å². The standard InChI is InChI=1S/C24H32N2O/c1-15-9-17(3)23(18(4)10-15)25-21(7)13-27-14-22(8)26-24-19(5)11-16(2)12-20(24)6/h9-12H,13-14H2,1-8H3. The van der Waals surface area contributed by atoms with Crippen LogP contribution in [0.2, 0.25) is 0 Å². The van der Waals surface area contributed by atoms with Crippen LogP contribution in [-0.4, -0.2) is 24.6 Å². The van der Waals surface area contributed by atoms with Crippen molar-refractivity contribution in [3.05, 3.63) is 57.6 Å². The molecule has 2 aromatic carbocycles. The van der Waals surface area contributed by atoms with Crippen molar-refractivity contribution < 1.29 is 4.74 Å². The minimum atomic E-state index is 0.505. The van der Waals surface area contributed by atoms with Crippen molar-refractivity contribution in [2.45, 2.75) is 55.4 Å². The van der Waals surface area contributed by atoms with Crippen LogP contribution in [0.15, 0.2) is 34.3 Å². The van der Waals surface area contributed by atoms with E-state index in [0.29, 0.717) is 13.2 Å². The third kappa shape index (κ3) is 5.86. The molecule has 0 N–H and O–H groups in total. The fourth-order valence-electron chi connectivity index (χ4n) is 3.49. The van der Waals surface area contributed by atoms with E-state index < -0.39 is 0 Å². The van der Waals surface area contributed by atoms with E-state index in [1.54, 1.807) is 0 Å². The first-order valence-corrected chi connectivity index (χ1v) is 9.49. The van der Waals surface area contributed by atoms with Crippen molar-refractivity contribution in [2.24, 2.45) is 9.98 Å². The molecule has 0 aromatic heterocycles. The highest BCUT2D eigenvalue weighted by Crippen LogP contribution is 2.26. The fraction of sp³-hybridized carbons (Fsp3) is 0.417. The van der Waals surface area contributed by atoms with E-state index in [0.717, 1.165) is 22.8 Å². The van der Waals surface area contributed by atoms with Crippen LogP contribution in [0.4, 0.5) is 11.4 Å². The molecule has 0 aliphatic heterocycles. The number of hydrogen-bond acceptors (Lipinski definition) is 3. The van der Waals surface area contributed by atoms with Crippen molar-refractivity contribution in [1.82, 2.24) is 0 Å². The molecular weight excluding hydrogens is 332 g/mol. The Morgan fingerprint density at radius 3 is 1.22 bits per heavy atom. The maximum atomic E-state index is 5.85. The topological polar surface area (TPSA) is 34.0 Å². The Kier molecular flexibility index (Phi) is 7.09. The Bertz CT molecular complexity index is 772. The first-order valence-electron chi connectivity index (χ1n) is 9.49. The van der Waals surface area contributed by atoms with E-state index >= 15 is 0 Å². The lowest BCUT2D eigenvalue weighted by Gasteiger charge is -2.10. The normalized spacial score (nSPS) is 12.6. The van der Waals surface area contributed by atoms with Crippen LogP contribution in [-0.2, 0) is 4.74 Å². The van der Waals surface area contributed by atoms with E-state index in [9.17, 15) is 0 Å². The van der Waals surface area contributed by atoms with E-state index in [-0.39, 0.29) is 0 Å². The number of benzene rings is 2. The maximum absolute atomic E-state index is 5.85. The van der Waals surface area contributed by atoms with Gasteiger partial charge in [-0.25, -0.2) is 0 Å². The lowest BCUT2D eigenvalue weighted by Crippen LogP contribution is -2.11. The van der Waals surface area contributed by atoms with Crippen molar-refractivity contribution in [2.75, 3.05) is 13.2 Å². The largest absolute Gasteiger partial charge is 0.370 e. The van der Waals surface area contributed by atoms with Gasteiger partial charge in [0.2, 0.25) is 0 Å². The summed E-state index contributed by atoms with van der Waals surface area (Å²) in [6.07, 6.45) is 0. The van der Waals surface area contributed by atoms with Crippen LogP contribution in [0.1, 0.15) is 47.2 Å². The van der Waals surface area contributed by atoms with Crippen molar-refractivity contribution in [3.8, 4) is 0 Å². The molecule has 0 heterocycles. The third-order valence-electron chi connectivity index (χ3n) is 4.50. The molecule has 0 saturated carbocycles. The fourth-order valence-corrected chi connectivity index (χ4v) is 3.49. The van der Waals surface area contributed by atoms with Crippen molar-refractivity contribution in [1.29, 1.82) is 0 Å². The summed E-state index contributed by atoms with van der Waals surface area (Å²) in [4.78, 5) is 9.54. The summed E-state index contributed by atoms with van der Waals surface area (Å²) < 4.78 is 5.85. The average Bonchev–Trinajstić information content (AvgIpc) is 2.54. The number of rotatable bonds is 6. The predicted octanol–water partition coefficient (Wildman–Crippen LogP) is 6.44. The number of aliphatic imine (C=N–C) groups is 2. The first-order chi connectivity index (χ1) is 12.7. The maximum Gasteiger partial charge on any atom is 0.0851 e. The van der Waals surface area contributed by atoms with Gasteiger partial charge in [0.25, 0.3) is 0 Å². The smallest absolute Gasteiger partial charge is 0.0851 e. The van der Waals surface area contributed by atoms with E-state index in [2.05, 4.69) is 65.8 Å². The second-order valence-electron chi connectivity index (χ2n) is 7.68. The van der Waals surface area contributed by atoms with Gasteiger partial charge in [-0.3, -0.25) is 9.98 Å². The molecule has 0 aliphatic carbocycles. The van der Waals surface area contributed by atoms with Gasteiger partial charge in [-0.2, -0.15) is 0 Å². The summed E-state index contributed by atoms with van der Waals surface area (Å²) in [7, 11) is 0. The van der Waals surface area contributed by atoms with Crippen LogP contribution in [0, 0.1) is 41.5 Å². The van der Waals surface area contributed by atoms with Gasteiger partial charge in [-0.1, -0.05) is 35.4 Å². The van der Waals surface area contributed by atoms with Crippen LogP contribution < -0.4 is 0 Å². The molecule has 3 nitrogen and oxygen atoms in total. The number of hydrogen-bond donors (Lipinski definition) is 0. The summed E-state index contributed by atoms with van der Waals surface area (Å²) >= 11 is 0. The molecule has 0 saturated heterocycles. The van der Waals surface area contributed by atoms with Crippen LogP contribution in [0.25, 0.3) is 0 Å². The zero-order valence-electron chi connectivity index (χ0n) is 18.0. The molecule has 2 rings (SSSR count). The molecule has 0 atom stereocenters. The number of ether oxygens (including phenoxy) is 1. The molecule has 0 fully saturated rings. The monoisotopic (exact) mass is 364 g/mol. The summed E-state index contributed by atoms with van der Waals surface area (Å²) in [5.74, 6) is 0. The van der Waals surface area contributed by atoms with Gasteiger partial charge in [-0.05, 0) is 77.6 Å². The van der Waals surface area contributed by atoms with Gasteiger partial charge in [-0.15, -0.1) is 0 Å². The second kappa shape index (κ2) is 9.09. The highest BCUT2D eigenvalue weighted by atomic mass is 16.5. The quantitative estimate of drug-likeness (QED) is 0.543. The van der Waals surface area contributed by atoms with Gasteiger partial charge in [0, 0.05) is 11.4 Å². The van der Waals surface area contributed by atoms with Crippen LogP contribution in [0.5, 0.6) is 0 Å². The molecule has 0 aliphatic rings. The Hall–Kier alpha value is -2.26. The first kappa shape index (κ1) is 21.0. The Morgan fingerprint density at radius 2 is 0.926 bits per heavy atom. The third-order valence-corrected chi connectivity index (χ3v) is 4.50. The molecule has 0 bridgehead atoms. The average molecular weight is 365 g/mol.